The molecule has 0 saturated heterocycles. The van der Waals surface area contributed by atoms with E-state index in [0.717, 1.165) is 27.3 Å². The average molecular weight is 337 g/mol. The molecule has 2 atom stereocenters. The standard InChI is InChI=1S/C23H32Si/c1-18(2)15-20-13-14-21(16-19-9-5-3-6-10-19)23(20)17-24-22-11-7-4-8-12-22/h4,7-8,11-12,16,19-20,23H,1,3,5-6,9-10,13-15,17H2,2H3/b21-16+/t20-,23-/m1/s1. The predicted molar refractivity (Wildman–Crippen MR) is 107 cm³/mol. The maximum Gasteiger partial charge on any atom is 0.0814 e. The summed E-state index contributed by atoms with van der Waals surface area (Å²) in [6.45, 7) is 6.40. The molecule has 2 saturated carbocycles. The summed E-state index contributed by atoms with van der Waals surface area (Å²) in [5.74, 6) is 2.52. The summed E-state index contributed by atoms with van der Waals surface area (Å²) in [4.78, 5) is 0. The molecule has 2 aliphatic carbocycles. The third kappa shape index (κ3) is 4.96. The van der Waals surface area contributed by atoms with Crippen molar-refractivity contribution in [3.05, 3.63) is 54.1 Å². The van der Waals surface area contributed by atoms with Gasteiger partial charge in [0.25, 0.3) is 0 Å². The van der Waals surface area contributed by atoms with Gasteiger partial charge in [0, 0.05) is 0 Å². The van der Waals surface area contributed by atoms with E-state index in [4.69, 9.17) is 0 Å². The summed E-state index contributed by atoms with van der Waals surface area (Å²) in [7, 11) is 0.949. The van der Waals surface area contributed by atoms with Crippen LogP contribution in [0.3, 0.4) is 0 Å². The zero-order valence-electron chi connectivity index (χ0n) is 15.3. The maximum atomic E-state index is 4.19. The first-order valence-electron chi connectivity index (χ1n) is 9.86. The number of rotatable bonds is 6. The van der Waals surface area contributed by atoms with Crippen LogP contribution >= 0.6 is 0 Å². The van der Waals surface area contributed by atoms with Gasteiger partial charge in [0.05, 0.1) is 9.52 Å². The highest BCUT2D eigenvalue weighted by Gasteiger charge is 2.31. The third-order valence-corrected chi connectivity index (χ3v) is 7.24. The quantitative estimate of drug-likeness (QED) is 0.446. The Kier molecular flexibility index (Phi) is 6.54. The number of hydrogen-bond acceptors (Lipinski definition) is 0. The van der Waals surface area contributed by atoms with E-state index in [0.29, 0.717) is 0 Å². The Morgan fingerprint density at radius 3 is 2.58 bits per heavy atom. The van der Waals surface area contributed by atoms with Crippen LogP contribution in [0.1, 0.15) is 58.3 Å². The molecule has 2 radical (unpaired) electrons. The monoisotopic (exact) mass is 336 g/mol. The Balaban J connectivity index is 1.69. The van der Waals surface area contributed by atoms with E-state index in [1.54, 1.807) is 5.57 Å². The summed E-state index contributed by atoms with van der Waals surface area (Å²) in [5.41, 5.74) is 3.17. The van der Waals surface area contributed by atoms with E-state index in [1.165, 1.54) is 68.2 Å². The molecule has 0 spiro atoms. The van der Waals surface area contributed by atoms with Crippen molar-refractivity contribution in [3.8, 4) is 0 Å². The van der Waals surface area contributed by atoms with Gasteiger partial charge in [-0.2, -0.15) is 0 Å². The van der Waals surface area contributed by atoms with Crippen LogP contribution in [0.15, 0.2) is 54.1 Å². The maximum absolute atomic E-state index is 4.19. The summed E-state index contributed by atoms with van der Waals surface area (Å²) in [6, 6.07) is 12.4. The van der Waals surface area contributed by atoms with Crippen LogP contribution in [0.5, 0.6) is 0 Å². The lowest BCUT2D eigenvalue weighted by Gasteiger charge is -2.24. The first kappa shape index (κ1) is 17.7. The molecule has 24 heavy (non-hydrogen) atoms. The molecule has 0 aliphatic heterocycles. The van der Waals surface area contributed by atoms with Gasteiger partial charge in [-0.05, 0) is 62.8 Å². The Bertz CT molecular complexity index is 551. The number of hydrogen-bond donors (Lipinski definition) is 0. The normalized spacial score (nSPS) is 26.8. The molecule has 1 aromatic carbocycles. The van der Waals surface area contributed by atoms with Crippen molar-refractivity contribution in [2.75, 3.05) is 0 Å². The first-order chi connectivity index (χ1) is 11.7. The van der Waals surface area contributed by atoms with Crippen LogP contribution < -0.4 is 5.19 Å². The summed E-state index contributed by atoms with van der Waals surface area (Å²) < 4.78 is 0. The molecule has 0 aromatic heterocycles. The predicted octanol–water partition coefficient (Wildman–Crippen LogP) is 5.93. The smallest absolute Gasteiger partial charge is 0.0814 e. The third-order valence-electron chi connectivity index (χ3n) is 5.86. The van der Waals surface area contributed by atoms with Gasteiger partial charge in [-0.25, -0.2) is 0 Å². The fourth-order valence-electron chi connectivity index (χ4n) is 4.63. The highest BCUT2D eigenvalue weighted by molar-refractivity contribution is 6.53. The molecular weight excluding hydrogens is 304 g/mol. The molecule has 0 bridgehead atoms. The molecule has 3 rings (SSSR count). The van der Waals surface area contributed by atoms with Gasteiger partial charge in [0.1, 0.15) is 0 Å². The molecule has 2 aliphatic rings. The molecular formula is C23H32Si. The summed E-state index contributed by atoms with van der Waals surface area (Å²) >= 11 is 0. The average Bonchev–Trinajstić information content (AvgIpc) is 2.96. The lowest BCUT2D eigenvalue weighted by Crippen LogP contribution is -2.20. The molecule has 1 heteroatoms. The second kappa shape index (κ2) is 8.85. The zero-order valence-corrected chi connectivity index (χ0v) is 16.3. The van der Waals surface area contributed by atoms with Crippen molar-refractivity contribution in [1.82, 2.24) is 0 Å². The summed E-state index contributed by atoms with van der Waals surface area (Å²) in [6.07, 6.45) is 13.9. The Hall–Kier alpha value is -1.08. The van der Waals surface area contributed by atoms with Crippen molar-refractivity contribution in [3.63, 3.8) is 0 Å². The Morgan fingerprint density at radius 2 is 1.88 bits per heavy atom. The molecule has 0 N–H and O–H groups in total. The molecule has 128 valence electrons. The van der Waals surface area contributed by atoms with Crippen LogP contribution in [0.4, 0.5) is 0 Å². The fraction of sp³-hybridized carbons (Fsp3) is 0.565. The van der Waals surface area contributed by atoms with E-state index in [9.17, 15) is 0 Å². The highest BCUT2D eigenvalue weighted by Crippen LogP contribution is 2.43. The van der Waals surface area contributed by atoms with Crippen LogP contribution in [-0.2, 0) is 0 Å². The Morgan fingerprint density at radius 1 is 1.12 bits per heavy atom. The molecule has 2 fully saturated rings. The minimum Gasteiger partial charge on any atom is -0.100 e. The second-order valence-corrected chi connectivity index (χ2v) is 9.29. The zero-order chi connectivity index (χ0) is 16.8. The first-order valence-corrected chi connectivity index (χ1v) is 11.1. The fourth-order valence-corrected chi connectivity index (χ4v) is 6.10. The van der Waals surface area contributed by atoms with Gasteiger partial charge in [-0.1, -0.05) is 72.0 Å². The highest BCUT2D eigenvalue weighted by atomic mass is 28.2. The van der Waals surface area contributed by atoms with Gasteiger partial charge in [0.2, 0.25) is 0 Å². The minimum absolute atomic E-state index is 0.808. The number of allylic oxidation sites excluding steroid dienone is 3. The van der Waals surface area contributed by atoms with Crippen LogP contribution in [0.25, 0.3) is 0 Å². The lowest BCUT2D eigenvalue weighted by molar-refractivity contribution is 0.410. The topological polar surface area (TPSA) is 0 Å². The van der Waals surface area contributed by atoms with Crippen LogP contribution in [-0.4, -0.2) is 9.52 Å². The molecule has 0 heterocycles. The van der Waals surface area contributed by atoms with Gasteiger partial charge in [-0.15, -0.1) is 6.58 Å². The van der Waals surface area contributed by atoms with E-state index in [1.807, 2.05) is 0 Å². The van der Waals surface area contributed by atoms with Gasteiger partial charge in [0.15, 0.2) is 0 Å². The van der Waals surface area contributed by atoms with Crippen LogP contribution in [0.2, 0.25) is 6.04 Å². The lowest BCUT2D eigenvalue weighted by atomic mass is 9.84. The second-order valence-electron chi connectivity index (χ2n) is 7.95. The number of benzene rings is 1. The molecule has 0 amide bonds. The van der Waals surface area contributed by atoms with Gasteiger partial charge < -0.3 is 0 Å². The SMILES string of the molecule is C=C(C)C[C@H]1CC/C(=C\C2CCCCC2)[C@@H]1C[Si]c1ccccc1. The van der Waals surface area contributed by atoms with E-state index >= 15 is 0 Å². The van der Waals surface area contributed by atoms with E-state index in [2.05, 4.69) is 49.9 Å². The van der Waals surface area contributed by atoms with Crippen molar-refractivity contribution < 1.29 is 0 Å². The van der Waals surface area contributed by atoms with Crippen molar-refractivity contribution in [2.24, 2.45) is 17.8 Å². The minimum atomic E-state index is 0.808. The van der Waals surface area contributed by atoms with Gasteiger partial charge in [-0.3, -0.25) is 0 Å². The van der Waals surface area contributed by atoms with Crippen LogP contribution in [0, 0.1) is 17.8 Å². The molecule has 0 unspecified atom stereocenters. The van der Waals surface area contributed by atoms with Gasteiger partial charge >= 0.3 is 0 Å². The van der Waals surface area contributed by atoms with E-state index in [-0.39, 0.29) is 0 Å². The van der Waals surface area contributed by atoms with E-state index < -0.39 is 0 Å². The van der Waals surface area contributed by atoms with Crippen molar-refractivity contribution in [1.29, 1.82) is 0 Å². The Labute approximate surface area is 151 Å². The molecule has 1 aromatic rings. The largest absolute Gasteiger partial charge is 0.100 e. The summed E-state index contributed by atoms with van der Waals surface area (Å²) in [5, 5.41) is 1.52. The van der Waals surface area contributed by atoms with Crippen molar-refractivity contribution >= 4 is 14.7 Å². The van der Waals surface area contributed by atoms with Crippen molar-refractivity contribution in [2.45, 2.75) is 64.3 Å². The molecule has 0 nitrogen and oxygen atoms in total.